The van der Waals surface area contributed by atoms with E-state index in [2.05, 4.69) is 161 Å². The number of nitrogens with zero attached hydrogens (tertiary/aromatic N) is 7. The molecule has 3 aromatic heterocycles. The van der Waals surface area contributed by atoms with Gasteiger partial charge in [0, 0.05) is 68.5 Å². The number of allylic oxidation sites excluding steroid dienone is 8. The van der Waals surface area contributed by atoms with E-state index in [0.29, 0.717) is 12.6 Å². The van der Waals surface area contributed by atoms with Gasteiger partial charge in [0.25, 0.3) is 0 Å². The zero-order valence-corrected chi connectivity index (χ0v) is 37.1. The molecule has 2 aliphatic heterocycles. The van der Waals surface area contributed by atoms with Crippen LogP contribution >= 0.6 is 0 Å². The predicted molar refractivity (Wildman–Crippen MR) is 257 cm³/mol. The van der Waals surface area contributed by atoms with Crippen molar-refractivity contribution in [3.8, 4) is 0 Å². The monoisotopic (exact) mass is 819 g/mol. The molecule has 5 heterocycles. The highest BCUT2D eigenvalue weighted by molar-refractivity contribution is 6.02. The minimum Gasteiger partial charge on any atom is -0.383 e. The van der Waals surface area contributed by atoms with Gasteiger partial charge in [0.05, 0.1) is 46.4 Å². The quantitative estimate of drug-likeness (QED) is 0.0334. The van der Waals surface area contributed by atoms with Crippen LogP contribution in [0.4, 0.5) is 0 Å². The van der Waals surface area contributed by atoms with Crippen molar-refractivity contribution in [3.63, 3.8) is 0 Å². The number of dihydropyridines is 1. The summed E-state index contributed by atoms with van der Waals surface area (Å²) in [6, 6.07) is 17.6. The third-order valence-electron chi connectivity index (χ3n) is 11.1. The number of hydrogen-bond acceptors (Lipinski definition) is 10. The molecule has 320 valence electrons. The average Bonchev–Trinajstić information content (AvgIpc) is 3.27. The summed E-state index contributed by atoms with van der Waals surface area (Å²) in [6.07, 6.45) is 26.3. The minimum absolute atomic E-state index is 0.300. The number of unbranched alkanes of at least 4 members (excludes halogenated alkanes) is 2. The second-order valence-electron chi connectivity index (χ2n) is 16.3. The molecule has 0 amide bonds. The fourth-order valence-electron chi connectivity index (χ4n) is 7.69. The van der Waals surface area contributed by atoms with Gasteiger partial charge in [0.1, 0.15) is 0 Å². The zero-order chi connectivity index (χ0) is 42.8. The lowest BCUT2D eigenvalue weighted by Gasteiger charge is -2.25. The van der Waals surface area contributed by atoms with E-state index >= 15 is 0 Å². The molecule has 0 radical (unpaired) electrons. The predicted octanol–water partition coefficient (Wildman–Crippen LogP) is 8.12. The van der Waals surface area contributed by atoms with Crippen LogP contribution < -0.4 is 16.0 Å². The van der Waals surface area contributed by atoms with E-state index in [1.54, 1.807) is 0 Å². The Morgan fingerprint density at radius 2 is 1.57 bits per heavy atom. The van der Waals surface area contributed by atoms with Crippen molar-refractivity contribution in [1.29, 1.82) is 0 Å². The van der Waals surface area contributed by atoms with Gasteiger partial charge >= 0.3 is 0 Å². The maximum absolute atomic E-state index is 5.18. The lowest BCUT2D eigenvalue weighted by molar-refractivity contribution is 0.295. The Kier molecular flexibility index (Phi) is 17.3. The second kappa shape index (κ2) is 23.5. The van der Waals surface area contributed by atoms with Gasteiger partial charge in [0.2, 0.25) is 0 Å². The highest BCUT2D eigenvalue weighted by Crippen LogP contribution is 2.24. The topological polar surface area (TPSA) is 96.8 Å². The summed E-state index contributed by atoms with van der Waals surface area (Å²) in [6.45, 7) is 16.4. The molecule has 0 spiro atoms. The Bertz CT molecular complexity index is 2300. The van der Waals surface area contributed by atoms with E-state index in [1.807, 2.05) is 31.5 Å². The number of nitrogens with one attached hydrogen (secondary N) is 3. The normalized spacial score (nSPS) is 18.0. The Hall–Kier alpha value is -5.52. The molecule has 1 aromatic carbocycles. The third kappa shape index (κ3) is 14.0. The molecule has 0 aliphatic carbocycles. The van der Waals surface area contributed by atoms with Gasteiger partial charge in [0.15, 0.2) is 0 Å². The van der Waals surface area contributed by atoms with Gasteiger partial charge in [-0.2, -0.15) is 0 Å². The second-order valence-corrected chi connectivity index (χ2v) is 16.3. The van der Waals surface area contributed by atoms with Crippen LogP contribution in [0.15, 0.2) is 132 Å². The van der Waals surface area contributed by atoms with Gasteiger partial charge in [-0.25, -0.2) is 9.97 Å². The van der Waals surface area contributed by atoms with Crippen LogP contribution in [0.2, 0.25) is 0 Å². The zero-order valence-electron chi connectivity index (χ0n) is 37.1. The van der Waals surface area contributed by atoms with Crippen LogP contribution in [-0.2, 0) is 26.2 Å². The number of benzene rings is 1. The van der Waals surface area contributed by atoms with E-state index < -0.39 is 0 Å². The maximum atomic E-state index is 5.18. The molecule has 2 aliphatic rings. The molecule has 4 aromatic rings. The van der Waals surface area contributed by atoms with Crippen molar-refractivity contribution >= 4 is 33.6 Å². The maximum Gasteiger partial charge on any atom is 0.0968 e. The van der Waals surface area contributed by atoms with Crippen LogP contribution in [-0.4, -0.2) is 102 Å². The Morgan fingerprint density at radius 1 is 0.852 bits per heavy atom. The van der Waals surface area contributed by atoms with Crippen LogP contribution in [0.1, 0.15) is 61.4 Å². The first-order valence-electron chi connectivity index (χ1n) is 21.9. The molecule has 61 heavy (non-hydrogen) atoms. The standard InChI is InChI=1S/C51H66N10/c1-7-9-15-44(52-4)37-61(31-14-10-13-30-59(5)35-48-28-24-42-21-20-41-23-26-43(32-53-8-2)57-50(41)51(42)58-48)38-46-25-18-39(3)17-19-40-22-27-47(56-49(40)33-55-46)36-60(6)34-45-16-11-12-29-54-45/h7,9,11-12,15-29,45,53-55H,1,8,10,13-14,30-38H2,2-6H3/b15-9-,19-17-,39-18+,46-25-,52-44?. The van der Waals surface area contributed by atoms with Crippen LogP contribution in [0.3, 0.4) is 0 Å². The van der Waals surface area contributed by atoms with E-state index in [4.69, 9.17) is 15.0 Å². The van der Waals surface area contributed by atoms with Crippen molar-refractivity contribution in [2.45, 2.75) is 65.3 Å². The number of likely N-dealkylation sites (N-methyl/N-ethyl adjacent to an activating group) is 1. The largest absolute Gasteiger partial charge is 0.383 e. The molecule has 6 rings (SSSR count). The smallest absolute Gasteiger partial charge is 0.0968 e. The van der Waals surface area contributed by atoms with Gasteiger partial charge in [-0.15, -0.1) is 0 Å². The summed E-state index contributed by atoms with van der Waals surface area (Å²) in [5.74, 6) is 0. The van der Waals surface area contributed by atoms with Crippen LogP contribution in [0.5, 0.6) is 0 Å². The summed E-state index contributed by atoms with van der Waals surface area (Å²) in [5, 5.41) is 12.9. The van der Waals surface area contributed by atoms with E-state index in [0.717, 1.165) is 140 Å². The van der Waals surface area contributed by atoms with Crippen molar-refractivity contribution in [2.24, 2.45) is 4.99 Å². The Morgan fingerprint density at radius 3 is 2.33 bits per heavy atom. The summed E-state index contributed by atoms with van der Waals surface area (Å²) >= 11 is 0. The summed E-state index contributed by atoms with van der Waals surface area (Å²) in [4.78, 5) is 27.2. The molecule has 0 saturated heterocycles. The van der Waals surface area contributed by atoms with Crippen molar-refractivity contribution in [1.82, 2.24) is 45.6 Å². The summed E-state index contributed by atoms with van der Waals surface area (Å²) < 4.78 is 0. The fourth-order valence-corrected chi connectivity index (χ4v) is 7.69. The van der Waals surface area contributed by atoms with Crippen LogP contribution in [0, 0.1) is 0 Å². The van der Waals surface area contributed by atoms with Crippen molar-refractivity contribution in [3.05, 3.63) is 156 Å². The number of aromatic nitrogens is 3. The molecular weight excluding hydrogens is 753 g/mol. The number of aliphatic imine (C=N–C) groups is 1. The Balaban J connectivity index is 1.06. The van der Waals surface area contributed by atoms with Crippen molar-refractivity contribution in [2.75, 3.05) is 60.4 Å². The molecule has 3 N–H and O–H groups in total. The van der Waals surface area contributed by atoms with Crippen molar-refractivity contribution < 1.29 is 0 Å². The van der Waals surface area contributed by atoms with Crippen LogP contribution in [0.25, 0.3) is 27.9 Å². The summed E-state index contributed by atoms with van der Waals surface area (Å²) in [5.41, 5.74) is 10.7. The number of pyridine rings is 3. The number of hydrogen-bond donors (Lipinski definition) is 3. The molecule has 10 heteroatoms. The molecular formula is C51H66N10. The summed E-state index contributed by atoms with van der Waals surface area (Å²) in [7, 11) is 6.23. The molecule has 0 saturated carbocycles. The molecule has 1 unspecified atom stereocenters. The molecule has 10 nitrogen and oxygen atoms in total. The lowest BCUT2D eigenvalue weighted by atomic mass is 10.1. The highest BCUT2D eigenvalue weighted by Gasteiger charge is 2.15. The number of rotatable bonds is 21. The molecule has 1 atom stereocenters. The van der Waals surface area contributed by atoms with E-state index in [-0.39, 0.29) is 0 Å². The fraction of sp³-hybridized carbons (Fsp3) is 0.373. The first-order chi connectivity index (χ1) is 29.8. The first-order valence-corrected chi connectivity index (χ1v) is 21.9. The third-order valence-corrected chi connectivity index (χ3v) is 11.1. The van der Waals surface area contributed by atoms with Gasteiger partial charge in [-0.05, 0) is 102 Å². The average molecular weight is 819 g/mol. The lowest BCUT2D eigenvalue weighted by Crippen LogP contribution is -2.36. The first kappa shape index (κ1) is 45.0. The SMILES string of the molecule is C=C/C=C\C(CN(CCCCCN(C)Cc1ccc2ccc3ccc(CNCC)nc3c2n1)C/C1=C/C=C(C)/C=C\c2ccc(CN(C)CC3C=CC=CN3)nc2CN1)=NC. The van der Waals surface area contributed by atoms with Gasteiger partial charge in [-0.1, -0.05) is 98.4 Å². The number of fused-ring (bicyclic) bond motifs is 4. The highest BCUT2D eigenvalue weighted by atomic mass is 15.2. The molecule has 0 bridgehead atoms. The van der Waals surface area contributed by atoms with Gasteiger partial charge in [-0.3, -0.25) is 19.8 Å². The van der Waals surface area contributed by atoms with E-state index in [1.165, 1.54) is 5.57 Å². The van der Waals surface area contributed by atoms with E-state index in [9.17, 15) is 0 Å². The Labute approximate surface area is 364 Å². The van der Waals surface area contributed by atoms with Gasteiger partial charge < -0.3 is 20.9 Å². The minimum atomic E-state index is 0.300. The molecule has 0 fully saturated rings.